The van der Waals surface area contributed by atoms with Crippen molar-refractivity contribution in [3.8, 4) is 28.7 Å². The molecule has 0 fully saturated rings. The molecule has 0 aliphatic carbocycles. The van der Waals surface area contributed by atoms with Gasteiger partial charge in [0, 0.05) is 57.3 Å². The third kappa shape index (κ3) is 9.21. The lowest BCUT2D eigenvalue weighted by molar-refractivity contribution is 0.0310. The average molecular weight is 601 g/mol. The van der Waals surface area contributed by atoms with Crippen LogP contribution in [0.2, 0.25) is 0 Å². The van der Waals surface area contributed by atoms with Crippen molar-refractivity contribution in [2.45, 2.75) is 53.1 Å². The summed E-state index contributed by atoms with van der Waals surface area (Å²) in [6.45, 7) is 8.14. The lowest BCUT2D eigenvalue weighted by Crippen LogP contribution is -2.23. The quantitative estimate of drug-likeness (QED) is 0.151. The maximum Gasteiger partial charge on any atom is 0.188 e. The van der Waals surface area contributed by atoms with Gasteiger partial charge in [-0.1, -0.05) is 23.3 Å². The van der Waals surface area contributed by atoms with Gasteiger partial charge in [-0.2, -0.15) is 0 Å². The summed E-state index contributed by atoms with van der Waals surface area (Å²) in [5.74, 6) is 2.05. The Hall–Kier alpha value is -3.57. The highest BCUT2D eigenvalue weighted by molar-refractivity contribution is 6.03. The molecule has 2 aromatic carbocycles. The van der Waals surface area contributed by atoms with Gasteiger partial charge in [-0.25, -0.2) is 0 Å². The lowest BCUT2D eigenvalue weighted by Gasteiger charge is -2.30. The van der Waals surface area contributed by atoms with Gasteiger partial charge in [0.05, 0.1) is 6.42 Å². The predicted molar refractivity (Wildman–Crippen MR) is 161 cm³/mol. The van der Waals surface area contributed by atoms with E-state index in [1.165, 1.54) is 14.2 Å². The van der Waals surface area contributed by atoms with E-state index in [2.05, 4.69) is 12.2 Å². The van der Waals surface area contributed by atoms with Crippen LogP contribution in [0.4, 0.5) is 0 Å². The van der Waals surface area contributed by atoms with E-state index in [1.807, 2.05) is 33.8 Å². The zero-order valence-electron chi connectivity index (χ0n) is 26.5. The number of carbonyl (C=O) groups is 1. The van der Waals surface area contributed by atoms with E-state index >= 15 is 0 Å². The maximum atomic E-state index is 13.7. The summed E-state index contributed by atoms with van der Waals surface area (Å²) < 4.78 is 51.0. The van der Waals surface area contributed by atoms with Crippen LogP contribution in [0, 0.1) is 0 Å². The molecular weight excluding hydrogens is 556 g/mol. The van der Waals surface area contributed by atoms with Gasteiger partial charge >= 0.3 is 0 Å². The molecule has 0 spiro atoms. The van der Waals surface area contributed by atoms with E-state index in [-0.39, 0.29) is 39.4 Å². The first-order valence-corrected chi connectivity index (χ1v) is 14.0. The molecule has 236 valence electrons. The number of allylic oxidation sites excluding steroid dienone is 4. The van der Waals surface area contributed by atoms with Crippen molar-refractivity contribution < 1.29 is 47.4 Å². The number of rotatable bonds is 17. The lowest BCUT2D eigenvalue weighted by atomic mass is 9.88. The summed E-state index contributed by atoms with van der Waals surface area (Å²) in [5.41, 5.74) is 5.12. The Morgan fingerprint density at radius 2 is 1.35 bits per heavy atom. The number of carbonyl (C=O) groups excluding carboxylic acids is 1. The molecule has 2 aromatic rings. The molecule has 0 bridgehead atoms. The summed E-state index contributed by atoms with van der Waals surface area (Å²) in [6.07, 6.45) is 4.75. The van der Waals surface area contributed by atoms with Crippen LogP contribution in [0.25, 0.3) is 0 Å². The fourth-order valence-electron chi connectivity index (χ4n) is 4.59. The standard InChI is InChI=1S/C33H44O10/c1-21(2)9-11-23-13-26(25(12-10-22(3)4)33(42-20-38-8)32(23)41-19-37-7)28-16-27(34)31-29(40-18-36-6)14-24(39-17-35-5)15-30(31)43-28/h9-10,13-15,28H,11-12,16-20H2,1-8H3. The van der Waals surface area contributed by atoms with E-state index in [4.69, 9.17) is 42.6 Å². The van der Waals surface area contributed by atoms with Gasteiger partial charge in [0.15, 0.2) is 44.5 Å². The van der Waals surface area contributed by atoms with E-state index in [1.54, 1.807) is 26.4 Å². The van der Waals surface area contributed by atoms with Crippen molar-refractivity contribution in [3.05, 3.63) is 63.8 Å². The van der Waals surface area contributed by atoms with Crippen LogP contribution in [-0.4, -0.2) is 61.4 Å². The normalized spacial score (nSPS) is 14.0. The second-order valence-electron chi connectivity index (χ2n) is 10.5. The van der Waals surface area contributed by atoms with Gasteiger partial charge in [-0.15, -0.1) is 0 Å². The predicted octanol–water partition coefficient (Wildman–Crippen LogP) is 6.34. The topological polar surface area (TPSA) is 100 Å². The first-order valence-electron chi connectivity index (χ1n) is 14.0. The summed E-state index contributed by atoms with van der Waals surface area (Å²) in [6, 6.07) is 5.35. The highest BCUT2D eigenvalue weighted by Crippen LogP contribution is 2.47. The van der Waals surface area contributed by atoms with Crippen molar-refractivity contribution in [3.63, 3.8) is 0 Å². The van der Waals surface area contributed by atoms with Crippen LogP contribution < -0.4 is 23.7 Å². The first-order chi connectivity index (χ1) is 20.7. The Bertz CT molecular complexity index is 1290. The van der Waals surface area contributed by atoms with Crippen LogP contribution in [0.3, 0.4) is 0 Å². The van der Waals surface area contributed by atoms with Gasteiger partial charge in [0.2, 0.25) is 0 Å². The number of fused-ring (bicyclic) bond motifs is 1. The van der Waals surface area contributed by atoms with Crippen LogP contribution in [0.1, 0.15) is 67.3 Å². The van der Waals surface area contributed by atoms with Gasteiger partial charge in [-0.3, -0.25) is 4.79 Å². The number of benzene rings is 2. The minimum atomic E-state index is -0.625. The number of Topliss-reactive ketones (excluding diaryl/α,β-unsaturated/α-hetero) is 1. The molecule has 10 nitrogen and oxygen atoms in total. The first kappa shape index (κ1) is 33.9. The Kier molecular flexibility index (Phi) is 13.3. The highest BCUT2D eigenvalue weighted by atomic mass is 16.7. The molecule has 0 saturated heterocycles. The Morgan fingerprint density at radius 1 is 0.767 bits per heavy atom. The van der Waals surface area contributed by atoms with Crippen LogP contribution in [-0.2, 0) is 31.8 Å². The zero-order valence-corrected chi connectivity index (χ0v) is 26.5. The minimum absolute atomic E-state index is 0.00435. The molecule has 1 aliphatic heterocycles. The van der Waals surface area contributed by atoms with Crippen LogP contribution in [0.5, 0.6) is 28.7 Å². The van der Waals surface area contributed by atoms with Crippen molar-refractivity contribution in [1.29, 1.82) is 0 Å². The average Bonchev–Trinajstić information content (AvgIpc) is 2.98. The van der Waals surface area contributed by atoms with Crippen molar-refractivity contribution in [2.24, 2.45) is 0 Å². The number of hydrogen-bond donors (Lipinski definition) is 0. The molecule has 0 N–H and O–H groups in total. The van der Waals surface area contributed by atoms with Crippen molar-refractivity contribution in [2.75, 3.05) is 55.6 Å². The van der Waals surface area contributed by atoms with Crippen LogP contribution >= 0.6 is 0 Å². The van der Waals surface area contributed by atoms with Gasteiger partial charge in [-0.05, 0) is 46.6 Å². The van der Waals surface area contributed by atoms with Gasteiger partial charge in [0.25, 0.3) is 0 Å². The molecular formula is C33H44O10. The molecule has 0 radical (unpaired) electrons. The van der Waals surface area contributed by atoms with Gasteiger partial charge in [0.1, 0.15) is 28.9 Å². The largest absolute Gasteiger partial charge is 0.484 e. The van der Waals surface area contributed by atoms with Gasteiger partial charge < -0.3 is 42.6 Å². The van der Waals surface area contributed by atoms with E-state index in [0.29, 0.717) is 47.2 Å². The molecule has 0 aromatic heterocycles. The third-order valence-corrected chi connectivity index (χ3v) is 6.52. The number of hydrogen-bond acceptors (Lipinski definition) is 10. The van der Waals surface area contributed by atoms with Crippen LogP contribution in [0.15, 0.2) is 41.5 Å². The molecule has 1 heterocycles. The fourth-order valence-corrected chi connectivity index (χ4v) is 4.59. The Labute approximate surface area is 254 Å². The monoisotopic (exact) mass is 600 g/mol. The molecule has 1 atom stereocenters. The SMILES string of the molecule is COCOc1cc(OCOC)c2c(c1)OC(c1cc(CC=C(C)C)c(OCOC)c(OCOC)c1CC=C(C)C)CC2=O. The van der Waals surface area contributed by atoms with E-state index < -0.39 is 6.10 Å². The summed E-state index contributed by atoms with van der Waals surface area (Å²) in [4.78, 5) is 13.7. The summed E-state index contributed by atoms with van der Waals surface area (Å²) in [7, 11) is 6.17. The van der Waals surface area contributed by atoms with Crippen molar-refractivity contribution in [1.82, 2.24) is 0 Å². The Morgan fingerprint density at radius 3 is 1.98 bits per heavy atom. The number of ketones is 1. The number of ether oxygens (including phenoxy) is 9. The molecule has 0 amide bonds. The zero-order chi connectivity index (χ0) is 31.4. The molecule has 1 aliphatic rings. The second-order valence-corrected chi connectivity index (χ2v) is 10.5. The van der Waals surface area contributed by atoms with E-state index in [9.17, 15) is 4.79 Å². The molecule has 43 heavy (non-hydrogen) atoms. The maximum absolute atomic E-state index is 13.7. The third-order valence-electron chi connectivity index (χ3n) is 6.52. The molecule has 10 heteroatoms. The Balaban J connectivity index is 2.24. The summed E-state index contributed by atoms with van der Waals surface area (Å²) in [5, 5.41) is 0. The fraction of sp³-hybridized carbons (Fsp3) is 0.485. The molecule has 3 rings (SSSR count). The smallest absolute Gasteiger partial charge is 0.188 e. The van der Waals surface area contributed by atoms with Crippen molar-refractivity contribution >= 4 is 5.78 Å². The molecule has 0 saturated carbocycles. The summed E-state index contributed by atoms with van der Waals surface area (Å²) >= 11 is 0. The molecule has 1 unspecified atom stereocenters. The second kappa shape index (κ2) is 16.9. The number of methoxy groups -OCH3 is 4. The highest BCUT2D eigenvalue weighted by Gasteiger charge is 2.35. The van der Waals surface area contributed by atoms with E-state index in [0.717, 1.165) is 27.8 Å². The minimum Gasteiger partial charge on any atom is -0.484 e.